The van der Waals surface area contributed by atoms with Crippen molar-refractivity contribution in [2.75, 3.05) is 5.73 Å². The van der Waals surface area contributed by atoms with Gasteiger partial charge < -0.3 is 10.5 Å². The molecule has 0 radical (unpaired) electrons. The van der Waals surface area contributed by atoms with Gasteiger partial charge in [0.25, 0.3) is 0 Å². The van der Waals surface area contributed by atoms with Crippen molar-refractivity contribution in [3.8, 4) is 0 Å². The highest BCUT2D eigenvalue weighted by atomic mass is 79.9. The molecule has 0 aliphatic heterocycles. The minimum atomic E-state index is 0.607. The molecule has 2 rings (SSSR count). The zero-order chi connectivity index (χ0) is 12.1. The van der Waals surface area contributed by atoms with E-state index in [2.05, 4.69) is 15.9 Å². The van der Waals surface area contributed by atoms with Crippen molar-refractivity contribution in [2.24, 2.45) is 0 Å². The second kappa shape index (κ2) is 5.84. The van der Waals surface area contributed by atoms with E-state index in [9.17, 15) is 0 Å². The highest BCUT2D eigenvalue weighted by molar-refractivity contribution is 9.10. The second-order valence-electron chi connectivity index (χ2n) is 3.86. The lowest BCUT2D eigenvalue weighted by atomic mass is 10.2. The SMILES string of the molecule is Nc1ccc(COCc2ccc(Br)cc2)cc1. The molecular formula is C14H14BrNO. The van der Waals surface area contributed by atoms with Crippen molar-refractivity contribution < 1.29 is 4.74 Å². The van der Waals surface area contributed by atoms with Crippen molar-refractivity contribution in [2.45, 2.75) is 13.2 Å². The van der Waals surface area contributed by atoms with E-state index in [0.717, 1.165) is 15.7 Å². The summed E-state index contributed by atoms with van der Waals surface area (Å²) in [6.45, 7) is 1.23. The van der Waals surface area contributed by atoms with E-state index in [1.807, 2.05) is 48.5 Å². The van der Waals surface area contributed by atoms with Gasteiger partial charge in [0.15, 0.2) is 0 Å². The Bertz CT molecular complexity index is 419. The molecule has 3 heteroatoms. The maximum absolute atomic E-state index is 5.63. The number of nitrogen functional groups attached to an aromatic ring is 1. The third-order valence-corrected chi connectivity index (χ3v) is 2.96. The van der Waals surface area contributed by atoms with Crippen LogP contribution in [-0.4, -0.2) is 0 Å². The van der Waals surface area contributed by atoms with Gasteiger partial charge in [-0.15, -0.1) is 0 Å². The fourth-order valence-electron chi connectivity index (χ4n) is 1.48. The molecule has 0 spiro atoms. The normalized spacial score (nSPS) is 10.4. The lowest BCUT2D eigenvalue weighted by molar-refractivity contribution is 0.107. The molecule has 0 amide bonds. The summed E-state index contributed by atoms with van der Waals surface area (Å²) < 4.78 is 6.71. The highest BCUT2D eigenvalue weighted by Crippen LogP contribution is 2.12. The van der Waals surface area contributed by atoms with E-state index >= 15 is 0 Å². The second-order valence-corrected chi connectivity index (χ2v) is 4.78. The first-order valence-electron chi connectivity index (χ1n) is 5.40. The molecular weight excluding hydrogens is 278 g/mol. The van der Waals surface area contributed by atoms with Crippen molar-refractivity contribution in [1.29, 1.82) is 0 Å². The Balaban J connectivity index is 1.83. The summed E-state index contributed by atoms with van der Waals surface area (Å²) in [5.74, 6) is 0. The molecule has 0 fully saturated rings. The molecule has 2 nitrogen and oxygen atoms in total. The van der Waals surface area contributed by atoms with E-state index in [1.165, 1.54) is 5.56 Å². The van der Waals surface area contributed by atoms with Crippen LogP contribution in [0.25, 0.3) is 0 Å². The summed E-state index contributed by atoms with van der Waals surface area (Å²) in [5.41, 5.74) is 8.70. The molecule has 0 heterocycles. The van der Waals surface area contributed by atoms with Crippen molar-refractivity contribution in [3.05, 3.63) is 64.1 Å². The number of benzene rings is 2. The Morgan fingerprint density at radius 3 is 1.82 bits per heavy atom. The number of anilines is 1. The molecule has 0 aromatic heterocycles. The first-order valence-corrected chi connectivity index (χ1v) is 6.20. The van der Waals surface area contributed by atoms with E-state index < -0.39 is 0 Å². The van der Waals surface area contributed by atoms with Crippen LogP contribution in [0.1, 0.15) is 11.1 Å². The highest BCUT2D eigenvalue weighted by Gasteiger charge is 1.95. The summed E-state index contributed by atoms with van der Waals surface area (Å²) in [7, 11) is 0. The lowest BCUT2D eigenvalue weighted by Gasteiger charge is -2.05. The van der Waals surface area contributed by atoms with Gasteiger partial charge in [0, 0.05) is 10.2 Å². The lowest BCUT2D eigenvalue weighted by Crippen LogP contribution is -1.94. The van der Waals surface area contributed by atoms with E-state index in [0.29, 0.717) is 13.2 Å². The maximum atomic E-state index is 5.63. The smallest absolute Gasteiger partial charge is 0.0721 e. The summed E-state index contributed by atoms with van der Waals surface area (Å²) in [6.07, 6.45) is 0. The van der Waals surface area contributed by atoms with Crippen LogP contribution in [0, 0.1) is 0 Å². The summed E-state index contributed by atoms with van der Waals surface area (Å²) in [6, 6.07) is 15.9. The Morgan fingerprint density at radius 1 is 0.824 bits per heavy atom. The molecule has 2 aromatic rings. The van der Waals surface area contributed by atoms with Crippen LogP contribution in [0.2, 0.25) is 0 Å². The molecule has 0 unspecified atom stereocenters. The molecule has 0 atom stereocenters. The van der Waals surface area contributed by atoms with Gasteiger partial charge in [0.05, 0.1) is 13.2 Å². The molecule has 88 valence electrons. The number of hydrogen-bond acceptors (Lipinski definition) is 2. The molecule has 0 aliphatic rings. The fraction of sp³-hybridized carbons (Fsp3) is 0.143. The molecule has 2 aromatic carbocycles. The molecule has 0 aliphatic carbocycles. The Kier molecular flexibility index (Phi) is 4.18. The van der Waals surface area contributed by atoms with Crippen LogP contribution in [0.5, 0.6) is 0 Å². The minimum Gasteiger partial charge on any atom is -0.399 e. The zero-order valence-corrected chi connectivity index (χ0v) is 11.0. The van der Waals surface area contributed by atoms with Gasteiger partial charge in [-0.25, -0.2) is 0 Å². The number of ether oxygens (including phenoxy) is 1. The molecule has 2 N–H and O–H groups in total. The van der Waals surface area contributed by atoms with Gasteiger partial charge in [0.1, 0.15) is 0 Å². The zero-order valence-electron chi connectivity index (χ0n) is 9.40. The standard InChI is InChI=1S/C14H14BrNO/c15-13-5-1-11(2-6-13)9-17-10-12-3-7-14(16)8-4-12/h1-8H,9-10,16H2. The monoisotopic (exact) mass is 291 g/mol. The minimum absolute atomic E-state index is 0.607. The van der Waals surface area contributed by atoms with Crippen LogP contribution < -0.4 is 5.73 Å². The predicted octanol–water partition coefficient (Wildman–Crippen LogP) is 3.75. The van der Waals surface area contributed by atoms with Gasteiger partial charge in [-0.1, -0.05) is 40.2 Å². The van der Waals surface area contributed by atoms with Crippen LogP contribution in [0.3, 0.4) is 0 Å². The Morgan fingerprint density at radius 2 is 1.29 bits per heavy atom. The molecule has 0 saturated heterocycles. The van der Waals surface area contributed by atoms with E-state index in [1.54, 1.807) is 0 Å². The van der Waals surface area contributed by atoms with Gasteiger partial charge in [-0.05, 0) is 35.4 Å². The van der Waals surface area contributed by atoms with Gasteiger partial charge in [0.2, 0.25) is 0 Å². The largest absolute Gasteiger partial charge is 0.399 e. The molecule has 0 bridgehead atoms. The van der Waals surface area contributed by atoms with E-state index in [4.69, 9.17) is 10.5 Å². The average molecular weight is 292 g/mol. The summed E-state index contributed by atoms with van der Waals surface area (Å²) in [4.78, 5) is 0. The number of nitrogens with two attached hydrogens (primary N) is 1. The van der Waals surface area contributed by atoms with Crippen molar-refractivity contribution in [3.63, 3.8) is 0 Å². The fourth-order valence-corrected chi connectivity index (χ4v) is 1.75. The quantitative estimate of drug-likeness (QED) is 0.871. The van der Waals surface area contributed by atoms with Crippen molar-refractivity contribution >= 4 is 21.6 Å². The van der Waals surface area contributed by atoms with E-state index in [-0.39, 0.29) is 0 Å². The Labute approximate surface area is 110 Å². The summed E-state index contributed by atoms with van der Waals surface area (Å²) in [5, 5.41) is 0. The Hall–Kier alpha value is -1.32. The van der Waals surface area contributed by atoms with Crippen LogP contribution in [0.15, 0.2) is 53.0 Å². The molecule has 0 saturated carbocycles. The van der Waals surface area contributed by atoms with Crippen LogP contribution in [0.4, 0.5) is 5.69 Å². The third kappa shape index (κ3) is 3.88. The number of halogens is 1. The maximum Gasteiger partial charge on any atom is 0.0721 e. The van der Waals surface area contributed by atoms with Gasteiger partial charge in [-0.2, -0.15) is 0 Å². The predicted molar refractivity (Wildman–Crippen MR) is 73.5 cm³/mol. The molecule has 17 heavy (non-hydrogen) atoms. The van der Waals surface area contributed by atoms with Crippen LogP contribution in [-0.2, 0) is 18.0 Å². The van der Waals surface area contributed by atoms with Crippen molar-refractivity contribution in [1.82, 2.24) is 0 Å². The number of hydrogen-bond donors (Lipinski definition) is 1. The average Bonchev–Trinajstić information content (AvgIpc) is 2.34. The number of rotatable bonds is 4. The topological polar surface area (TPSA) is 35.2 Å². The first kappa shape index (κ1) is 12.1. The summed E-state index contributed by atoms with van der Waals surface area (Å²) >= 11 is 3.40. The van der Waals surface area contributed by atoms with Gasteiger partial charge >= 0.3 is 0 Å². The van der Waals surface area contributed by atoms with Crippen LogP contribution >= 0.6 is 15.9 Å². The first-order chi connectivity index (χ1) is 8.24. The van der Waals surface area contributed by atoms with Gasteiger partial charge in [-0.3, -0.25) is 0 Å². The third-order valence-electron chi connectivity index (χ3n) is 2.43.